The van der Waals surface area contributed by atoms with Crippen LogP contribution in [0.4, 0.5) is 0 Å². The minimum Gasteiger partial charge on any atom is -0.489 e. The number of nitriles is 1. The second kappa shape index (κ2) is 20.7. The minimum absolute atomic E-state index is 0.0497. The average molecular weight is 989 g/mol. The van der Waals surface area contributed by atoms with Crippen LogP contribution in [0, 0.1) is 34.5 Å². The number of β-amino-alcohol motifs (C(OH)–C–C–N with tert-alkyl or cyclic N) is 1. The molecule has 70 heavy (non-hydrogen) atoms. The molecular formula is C53H58ClN7O8S. The van der Waals surface area contributed by atoms with Gasteiger partial charge in [-0.25, -0.2) is 4.98 Å². The molecule has 4 aromatic carbocycles. The molecule has 2 fully saturated rings. The summed E-state index contributed by atoms with van der Waals surface area (Å²) in [7, 11) is 0. The molecular weight excluding hydrogens is 930 g/mol. The molecule has 5 aromatic rings. The fraction of sp³-hybridized carbons (Fsp3) is 0.377. The number of aryl methyl sites for hydroxylation is 1. The van der Waals surface area contributed by atoms with E-state index in [0.29, 0.717) is 33.4 Å². The number of carbonyl (C=O) groups excluding carboxylic acids is 5. The van der Waals surface area contributed by atoms with E-state index < -0.39 is 64.6 Å². The monoisotopic (exact) mass is 987 g/mol. The van der Waals surface area contributed by atoms with Crippen LogP contribution < -0.4 is 30.7 Å². The smallest absolute Gasteiger partial charge is 0.251 e. The van der Waals surface area contributed by atoms with E-state index in [4.69, 9.17) is 21.1 Å². The summed E-state index contributed by atoms with van der Waals surface area (Å²) in [4.78, 5) is 74.1. The van der Waals surface area contributed by atoms with Crippen molar-refractivity contribution < 1.29 is 38.6 Å². The highest BCUT2D eigenvalue weighted by atomic mass is 35.5. The van der Waals surface area contributed by atoms with Gasteiger partial charge in [0.1, 0.15) is 41.5 Å². The number of rotatable bonds is 15. The zero-order chi connectivity index (χ0) is 50.7. The number of thiazole rings is 1. The predicted octanol–water partition coefficient (Wildman–Crippen LogP) is 7.59. The van der Waals surface area contributed by atoms with Gasteiger partial charge in [-0.1, -0.05) is 84.3 Å². The Morgan fingerprint density at radius 1 is 0.886 bits per heavy atom. The third-order valence-electron chi connectivity index (χ3n) is 13.0. The molecule has 1 saturated heterocycles. The van der Waals surface area contributed by atoms with Crippen LogP contribution in [0.1, 0.15) is 92.4 Å². The Balaban J connectivity index is 0.877. The molecule has 1 unspecified atom stereocenters. The highest BCUT2D eigenvalue weighted by Gasteiger charge is 2.64. The molecule has 2 aliphatic rings. The number of halogens is 1. The summed E-state index contributed by atoms with van der Waals surface area (Å²) in [6.07, 6.45) is -1.12. The van der Waals surface area contributed by atoms with Crippen molar-refractivity contribution in [3.63, 3.8) is 0 Å². The van der Waals surface area contributed by atoms with Gasteiger partial charge in [0.2, 0.25) is 17.7 Å². The summed E-state index contributed by atoms with van der Waals surface area (Å²) in [6.45, 7) is 15.2. The first-order valence-corrected chi connectivity index (χ1v) is 24.2. The van der Waals surface area contributed by atoms with Crippen LogP contribution >= 0.6 is 22.9 Å². The van der Waals surface area contributed by atoms with Crippen molar-refractivity contribution in [1.29, 1.82) is 5.26 Å². The molecule has 2 heterocycles. The second-order valence-electron chi connectivity index (χ2n) is 20.1. The lowest BCUT2D eigenvalue weighted by Gasteiger charge is -2.63. The fourth-order valence-corrected chi connectivity index (χ4v) is 10.6. The number of aliphatic hydroxyl groups is 1. The van der Waals surface area contributed by atoms with E-state index in [2.05, 4.69) is 26.3 Å². The molecule has 1 aliphatic heterocycles. The molecule has 0 radical (unpaired) electrons. The molecule has 5 N–H and O–H groups in total. The van der Waals surface area contributed by atoms with E-state index in [1.807, 2.05) is 65.0 Å². The molecule has 0 spiro atoms. The van der Waals surface area contributed by atoms with Crippen LogP contribution in [0.3, 0.4) is 0 Å². The lowest BCUT2D eigenvalue weighted by Crippen LogP contribution is -2.74. The molecule has 1 saturated carbocycles. The second-order valence-corrected chi connectivity index (χ2v) is 21.3. The van der Waals surface area contributed by atoms with Gasteiger partial charge in [0, 0.05) is 53.6 Å². The quantitative estimate of drug-likeness (QED) is 0.0694. The summed E-state index contributed by atoms with van der Waals surface area (Å²) in [5.74, 6) is -0.879. The maximum atomic E-state index is 14.1. The van der Waals surface area contributed by atoms with Crippen molar-refractivity contribution in [1.82, 2.24) is 31.2 Å². The molecule has 0 bridgehead atoms. The first kappa shape index (κ1) is 51.1. The normalized spacial score (nSPS) is 19.4. The van der Waals surface area contributed by atoms with Gasteiger partial charge in [-0.05, 0) is 84.1 Å². The summed E-state index contributed by atoms with van der Waals surface area (Å²) in [5.41, 5.74) is 4.05. The van der Waals surface area contributed by atoms with Gasteiger partial charge in [0.15, 0.2) is 0 Å². The molecule has 7 rings (SSSR count). The maximum absolute atomic E-state index is 14.1. The van der Waals surface area contributed by atoms with Crippen LogP contribution in [-0.2, 0) is 20.9 Å². The molecule has 15 nitrogen and oxygen atoms in total. The Morgan fingerprint density at radius 2 is 1.49 bits per heavy atom. The van der Waals surface area contributed by atoms with Crippen molar-refractivity contribution in [3.05, 3.63) is 129 Å². The van der Waals surface area contributed by atoms with E-state index in [-0.39, 0.29) is 43.1 Å². The van der Waals surface area contributed by atoms with Gasteiger partial charge >= 0.3 is 0 Å². The van der Waals surface area contributed by atoms with Crippen LogP contribution in [0.2, 0.25) is 5.02 Å². The standard InChI is InChI=1S/C53H58ClN7O8S/c1-30-43(70-29-58-30)32-11-9-31(10-12-32)26-56-47(66)41-23-36(62)28-61(41)48(67)44(51(2,3)4)59-42(63)27-57-45(64)33-13-18-37(19-14-33)68-38-20-15-34(16-21-38)46(65)60-49-52(5,6)50(53(49,7)8)69-39-22-17-35(25-55)40(54)24-39/h9-22,24,29,36,41,44,49-50,62H,23,26-28H2,1-8H3,(H,56,66)(H,57,64)(H,59,63)(H,60,65)/t36-,41+,44?,49-,50-/m1/s1. The SMILES string of the molecule is Cc1ncsc1-c1ccc(CNC(=O)[C@@H]2C[C@@H](O)CN2C(=O)C(NC(=O)CNC(=O)c2ccc(Oc3ccc(C(=O)N[C@H]4C(C)(C)[C@H](Oc5ccc(C#N)c(Cl)c5)C4(C)C)cc3)cc2)C(C)(C)C)cc1. The van der Waals surface area contributed by atoms with Crippen molar-refractivity contribution >= 4 is 52.5 Å². The van der Waals surface area contributed by atoms with Crippen LogP contribution in [0.25, 0.3) is 10.4 Å². The number of ether oxygens (including phenoxy) is 2. The predicted molar refractivity (Wildman–Crippen MR) is 266 cm³/mol. The minimum atomic E-state index is -1.07. The highest BCUT2D eigenvalue weighted by Crippen LogP contribution is 2.55. The molecule has 366 valence electrons. The maximum Gasteiger partial charge on any atom is 0.251 e. The number of hydrogen-bond donors (Lipinski definition) is 5. The van der Waals surface area contributed by atoms with Crippen molar-refractivity contribution in [2.45, 2.75) is 98.7 Å². The number of aliphatic hydroxyl groups excluding tert-OH is 1. The molecule has 1 aliphatic carbocycles. The molecule has 1 aromatic heterocycles. The first-order valence-electron chi connectivity index (χ1n) is 22.9. The van der Waals surface area contributed by atoms with E-state index in [9.17, 15) is 34.3 Å². The Bertz CT molecular complexity index is 2780. The van der Waals surface area contributed by atoms with E-state index >= 15 is 0 Å². The van der Waals surface area contributed by atoms with Gasteiger partial charge in [-0.2, -0.15) is 5.26 Å². The van der Waals surface area contributed by atoms with Gasteiger partial charge in [0.05, 0.1) is 39.3 Å². The number of amides is 5. The number of aromatic nitrogens is 1. The topological polar surface area (TPSA) is 212 Å². The number of nitrogens with one attached hydrogen (secondary N) is 4. The number of nitrogens with zero attached hydrogens (tertiary/aromatic N) is 3. The number of hydrogen-bond acceptors (Lipinski definition) is 11. The van der Waals surface area contributed by atoms with E-state index in [1.54, 1.807) is 104 Å². The Morgan fingerprint density at radius 3 is 2.04 bits per heavy atom. The Hall–Kier alpha value is -6.80. The van der Waals surface area contributed by atoms with Gasteiger partial charge < -0.3 is 40.7 Å². The number of carbonyl (C=O) groups is 5. The third kappa shape index (κ3) is 11.3. The van der Waals surface area contributed by atoms with Gasteiger partial charge in [-0.15, -0.1) is 11.3 Å². The molecule has 5 amide bonds. The summed E-state index contributed by atoms with van der Waals surface area (Å²) in [5, 5.41) is 31.6. The Kier molecular flexibility index (Phi) is 15.1. The summed E-state index contributed by atoms with van der Waals surface area (Å²) < 4.78 is 12.3. The zero-order valence-electron chi connectivity index (χ0n) is 40.4. The largest absolute Gasteiger partial charge is 0.489 e. The van der Waals surface area contributed by atoms with Gasteiger partial charge in [-0.3, -0.25) is 24.0 Å². The fourth-order valence-electron chi connectivity index (χ4n) is 9.55. The number of benzene rings is 4. The van der Waals surface area contributed by atoms with Crippen LogP contribution in [0.15, 0.2) is 96.5 Å². The van der Waals surface area contributed by atoms with Crippen LogP contribution in [0.5, 0.6) is 17.2 Å². The Labute approximate surface area is 416 Å². The average Bonchev–Trinajstić information content (AvgIpc) is 3.94. The summed E-state index contributed by atoms with van der Waals surface area (Å²) >= 11 is 7.79. The molecule has 17 heteroatoms. The van der Waals surface area contributed by atoms with Crippen molar-refractivity contribution in [2.24, 2.45) is 16.2 Å². The zero-order valence-corrected chi connectivity index (χ0v) is 42.0. The third-order valence-corrected chi connectivity index (χ3v) is 14.3. The summed E-state index contributed by atoms with van der Waals surface area (Å²) in [6, 6.07) is 25.5. The van der Waals surface area contributed by atoms with Gasteiger partial charge in [0.25, 0.3) is 11.8 Å². The molecule has 3 atom stereocenters. The lowest BCUT2D eigenvalue weighted by atomic mass is 9.49. The van der Waals surface area contributed by atoms with E-state index in [0.717, 1.165) is 21.7 Å². The van der Waals surface area contributed by atoms with Crippen molar-refractivity contribution in [3.8, 4) is 33.8 Å². The van der Waals surface area contributed by atoms with Crippen molar-refractivity contribution in [2.75, 3.05) is 13.1 Å². The first-order chi connectivity index (χ1) is 33.1. The highest BCUT2D eigenvalue weighted by molar-refractivity contribution is 7.13. The van der Waals surface area contributed by atoms with E-state index in [1.165, 1.54) is 4.90 Å². The van der Waals surface area contributed by atoms with Crippen LogP contribution in [-0.4, -0.2) is 87.9 Å². The number of likely N-dealkylation sites (tertiary alicyclic amines) is 1. The lowest BCUT2D eigenvalue weighted by molar-refractivity contribution is -0.164.